The Labute approximate surface area is 93.4 Å². The van der Waals surface area contributed by atoms with Gasteiger partial charge in [-0.3, -0.25) is 0 Å². The number of rotatable bonds is 3. The minimum atomic E-state index is -0.681. The van der Waals surface area contributed by atoms with E-state index in [-0.39, 0.29) is 23.8 Å². The van der Waals surface area contributed by atoms with Crippen molar-refractivity contribution in [3.63, 3.8) is 0 Å². The molecule has 1 saturated carbocycles. The third-order valence-corrected chi connectivity index (χ3v) is 2.70. The van der Waals surface area contributed by atoms with Gasteiger partial charge in [-0.25, -0.2) is 9.18 Å². The zero-order chi connectivity index (χ0) is 11.7. The zero-order valence-electron chi connectivity index (χ0n) is 9.13. The SMILES string of the molecule is CCOC(=O)c1c(N)ccc(C2CC2)c1F. The lowest BCUT2D eigenvalue weighted by Gasteiger charge is -2.09. The maximum atomic E-state index is 14.0. The van der Waals surface area contributed by atoms with Crippen LogP contribution >= 0.6 is 0 Å². The van der Waals surface area contributed by atoms with Gasteiger partial charge in [0, 0.05) is 5.69 Å². The third-order valence-electron chi connectivity index (χ3n) is 2.70. The van der Waals surface area contributed by atoms with Crippen molar-refractivity contribution in [3.8, 4) is 0 Å². The van der Waals surface area contributed by atoms with Crippen molar-refractivity contribution in [1.82, 2.24) is 0 Å². The van der Waals surface area contributed by atoms with E-state index < -0.39 is 11.8 Å². The van der Waals surface area contributed by atoms with Gasteiger partial charge in [0.15, 0.2) is 0 Å². The van der Waals surface area contributed by atoms with Gasteiger partial charge in [-0.05, 0) is 37.3 Å². The maximum Gasteiger partial charge on any atom is 0.343 e. The van der Waals surface area contributed by atoms with Crippen molar-refractivity contribution in [2.45, 2.75) is 25.7 Å². The average Bonchev–Trinajstić information content (AvgIpc) is 3.02. The van der Waals surface area contributed by atoms with Gasteiger partial charge >= 0.3 is 5.97 Å². The van der Waals surface area contributed by atoms with E-state index in [2.05, 4.69) is 0 Å². The van der Waals surface area contributed by atoms with Crippen LogP contribution in [-0.2, 0) is 4.74 Å². The molecule has 0 saturated heterocycles. The van der Waals surface area contributed by atoms with E-state index in [1.165, 1.54) is 0 Å². The molecule has 0 radical (unpaired) electrons. The minimum absolute atomic E-state index is 0.119. The molecule has 0 aliphatic heterocycles. The van der Waals surface area contributed by atoms with Crippen molar-refractivity contribution in [3.05, 3.63) is 29.1 Å². The molecule has 0 spiro atoms. The Morgan fingerprint density at radius 1 is 1.56 bits per heavy atom. The summed E-state index contributed by atoms with van der Waals surface area (Å²) in [6.07, 6.45) is 1.95. The number of nitrogen functional groups attached to an aromatic ring is 1. The number of halogens is 1. The molecular formula is C12H14FNO2. The molecule has 1 aromatic rings. The van der Waals surface area contributed by atoms with Crippen LogP contribution in [0.1, 0.15) is 41.6 Å². The van der Waals surface area contributed by atoms with Crippen molar-refractivity contribution in [2.24, 2.45) is 0 Å². The van der Waals surface area contributed by atoms with E-state index >= 15 is 0 Å². The minimum Gasteiger partial charge on any atom is -0.462 e. The fraction of sp³-hybridized carbons (Fsp3) is 0.417. The van der Waals surface area contributed by atoms with Crippen LogP contribution < -0.4 is 5.73 Å². The number of carbonyl (C=O) groups is 1. The molecule has 2 rings (SSSR count). The highest BCUT2D eigenvalue weighted by molar-refractivity contribution is 5.95. The van der Waals surface area contributed by atoms with Crippen molar-refractivity contribution in [1.29, 1.82) is 0 Å². The number of nitrogens with two attached hydrogens (primary N) is 1. The highest BCUT2D eigenvalue weighted by Gasteiger charge is 2.30. The van der Waals surface area contributed by atoms with Crippen molar-refractivity contribution < 1.29 is 13.9 Å². The van der Waals surface area contributed by atoms with Crippen LogP contribution in [0, 0.1) is 5.82 Å². The molecule has 86 valence electrons. The lowest BCUT2D eigenvalue weighted by atomic mass is 10.0. The van der Waals surface area contributed by atoms with Crippen LogP contribution in [0.5, 0.6) is 0 Å². The Morgan fingerprint density at radius 2 is 2.25 bits per heavy atom. The predicted octanol–water partition coefficient (Wildman–Crippen LogP) is 2.46. The van der Waals surface area contributed by atoms with E-state index in [0.717, 1.165) is 12.8 Å². The molecule has 4 heteroatoms. The molecule has 3 nitrogen and oxygen atoms in total. The molecule has 0 heterocycles. The fourth-order valence-electron chi connectivity index (χ4n) is 1.73. The first kappa shape index (κ1) is 10.9. The van der Waals surface area contributed by atoms with E-state index in [1.807, 2.05) is 0 Å². The Hall–Kier alpha value is -1.58. The lowest BCUT2D eigenvalue weighted by molar-refractivity contribution is 0.0522. The summed E-state index contributed by atoms with van der Waals surface area (Å²) in [5, 5.41) is 0. The summed E-state index contributed by atoms with van der Waals surface area (Å²) in [7, 11) is 0. The second-order valence-corrected chi connectivity index (χ2v) is 3.93. The van der Waals surface area contributed by atoms with Crippen LogP contribution in [0.15, 0.2) is 12.1 Å². The summed E-state index contributed by atoms with van der Waals surface area (Å²) < 4.78 is 18.8. The largest absolute Gasteiger partial charge is 0.462 e. The molecule has 16 heavy (non-hydrogen) atoms. The number of ether oxygens (including phenoxy) is 1. The lowest BCUT2D eigenvalue weighted by Crippen LogP contribution is -2.12. The molecule has 0 amide bonds. The van der Waals surface area contributed by atoms with Gasteiger partial charge in [0.25, 0.3) is 0 Å². The second-order valence-electron chi connectivity index (χ2n) is 3.93. The molecule has 1 fully saturated rings. The van der Waals surface area contributed by atoms with Crippen LogP contribution in [0.2, 0.25) is 0 Å². The van der Waals surface area contributed by atoms with Gasteiger partial charge in [0.1, 0.15) is 11.4 Å². The van der Waals surface area contributed by atoms with Gasteiger partial charge in [0.2, 0.25) is 0 Å². The standard InChI is InChI=1S/C12H14FNO2/c1-2-16-12(15)10-9(14)6-5-8(11(10)13)7-3-4-7/h5-7H,2-4,14H2,1H3. The summed E-state index contributed by atoms with van der Waals surface area (Å²) in [5.74, 6) is -0.949. The number of carbonyl (C=O) groups excluding carboxylic acids is 1. The normalized spacial score (nSPS) is 14.9. The summed E-state index contributed by atoms with van der Waals surface area (Å²) >= 11 is 0. The van der Waals surface area contributed by atoms with Crippen LogP contribution in [0.3, 0.4) is 0 Å². The van der Waals surface area contributed by atoms with Crippen LogP contribution in [0.4, 0.5) is 10.1 Å². The molecule has 1 aliphatic rings. The Bertz CT molecular complexity index is 427. The zero-order valence-corrected chi connectivity index (χ0v) is 9.13. The van der Waals surface area contributed by atoms with E-state index in [1.54, 1.807) is 19.1 Å². The molecule has 0 bridgehead atoms. The maximum absolute atomic E-state index is 14.0. The first-order valence-corrected chi connectivity index (χ1v) is 5.40. The van der Waals surface area contributed by atoms with Crippen LogP contribution in [0.25, 0.3) is 0 Å². The molecule has 1 aliphatic carbocycles. The first-order chi connectivity index (χ1) is 7.65. The number of hydrogen-bond acceptors (Lipinski definition) is 3. The first-order valence-electron chi connectivity index (χ1n) is 5.40. The number of benzene rings is 1. The summed E-state index contributed by atoms with van der Waals surface area (Å²) in [6.45, 7) is 1.89. The summed E-state index contributed by atoms with van der Waals surface area (Å²) in [4.78, 5) is 11.5. The smallest absolute Gasteiger partial charge is 0.343 e. The van der Waals surface area contributed by atoms with Crippen LogP contribution in [-0.4, -0.2) is 12.6 Å². The monoisotopic (exact) mass is 223 g/mol. The van der Waals surface area contributed by atoms with Gasteiger partial charge < -0.3 is 10.5 Å². The topological polar surface area (TPSA) is 52.3 Å². The number of anilines is 1. The highest BCUT2D eigenvalue weighted by atomic mass is 19.1. The van der Waals surface area contributed by atoms with Crippen molar-refractivity contribution >= 4 is 11.7 Å². The number of hydrogen-bond donors (Lipinski definition) is 1. The van der Waals surface area contributed by atoms with Crippen molar-refractivity contribution in [2.75, 3.05) is 12.3 Å². The molecule has 2 N–H and O–H groups in total. The van der Waals surface area contributed by atoms with E-state index in [0.29, 0.717) is 5.56 Å². The van der Waals surface area contributed by atoms with Gasteiger partial charge in [-0.1, -0.05) is 6.07 Å². The fourth-order valence-corrected chi connectivity index (χ4v) is 1.73. The van der Waals surface area contributed by atoms with E-state index in [4.69, 9.17) is 10.5 Å². The van der Waals surface area contributed by atoms with Gasteiger partial charge in [-0.15, -0.1) is 0 Å². The molecular weight excluding hydrogens is 209 g/mol. The molecule has 0 aromatic heterocycles. The highest BCUT2D eigenvalue weighted by Crippen LogP contribution is 2.42. The Balaban J connectivity index is 2.41. The average molecular weight is 223 g/mol. The quantitative estimate of drug-likeness (QED) is 0.632. The molecule has 1 aromatic carbocycles. The predicted molar refractivity (Wildman–Crippen MR) is 58.7 cm³/mol. The third kappa shape index (κ3) is 1.87. The summed E-state index contributed by atoms with van der Waals surface area (Å²) in [6, 6.07) is 3.23. The van der Waals surface area contributed by atoms with Gasteiger partial charge in [-0.2, -0.15) is 0 Å². The number of esters is 1. The summed E-state index contributed by atoms with van der Waals surface area (Å²) in [5.41, 5.74) is 6.20. The molecule has 0 unspecified atom stereocenters. The Kier molecular flexibility index (Phi) is 2.81. The Morgan fingerprint density at radius 3 is 2.81 bits per heavy atom. The second kappa shape index (κ2) is 4.12. The van der Waals surface area contributed by atoms with Gasteiger partial charge in [0.05, 0.1) is 6.61 Å². The molecule has 0 atom stereocenters. The van der Waals surface area contributed by atoms with E-state index in [9.17, 15) is 9.18 Å².